The van der Waals surface area contributed by atoms with Crippen LogP contribution in [0.3, 0.4) is 0 Å². The van der Waals surface area contributed by atoms with E-state index < -0.39 is 0 Å². The minimum absolute atomic E-state index is 0.277. The summed E-state index contributed by atoms with van der Waals surface area (Å²) in [6.45, 7) is 5.88. The van der Waals surface area contributed by atoms with Gasteiger partial charge in [0.2, 0.25) is 0 Å². The number of fused-ring (bicyclic) bond motifs is 1. The summed E-state index contributed by atoms with van der Waals surface area (Å²) >= 11 is 0. The number of benzene rings is 1. The van der Waals surface area contributed by atoms with Gasteiger partial charge in [0.15, 0.2) is 5.65 Å². The highest BCUT2D eigenvalue weighted by atomic mass is 16.1. The van der Waals surface area contributed by atoms with Crippen LogP contribution in [-0.2, 0) is 0 Å². The van der Waals surface area contributed by atoms with Crippen LogP contribution in [0, 0.1) is 6.92 Å². The predicted octanol–water partition coefficient (Wildman–Crippen LogP) is 3.50. The van der Waals surface area contributed by atoms with E-state index >= 15 is 0 Å². The fourth-order valence-electron chi connectivity index (χ4n) is 2.53. The molecule has 26 heavy (non-hydrogen) atoms. The lowest BCUT2D eigenvalue weighted by atomic mass is 10.3. The third kappa shape index (κ3) is 3.32. The van der Waals surface area contributed by atoms with Gasteiger partial charge in [-0.15, -0.1) is 0 Å². The average Bonchev–Trinajstić information content (AvgIpc) is 3.27. The number of hydrogen-bond acceptors (Lipinski definition) is 4. The van der Waals surface area contributed by atoms with Crippen LogP contribution in [0.1, 0.15) is 29.9 Å². The Balaban J connectivity index is 0.000000948. The summed E-state index contributed by atoms with van der Waals surface area (Å²) in [7, 11) is 0. The maximum Gasteiger partial charge on any atom is 0.262 e. The number of anilines is 1. The summed E-state index contributed by atoms with van der Waals surface area (Å²) in [6, 6.07) is 13.2. The van der Waals surface area contributed by atoms with Gasteiger partial charge in [0.1, 0.15) is 11.4 Å². The van der Waals surface area contributed by atoms with Crippen molar-refractivity contribution >= 4 is 17.4 Å². The first-order chi connectivity index (χ1) is 12.7. The number of amides is 1. The number of hydrogen-bond donors (Lipinski definition) is 1. The standard InChI is InChI=1S/C17H14N6O.C2H6/c1-12-10-15(23(21-12)13-6-3-2-4-7-13)20-17(24)14-11-19-22-9-5-8-18-16(14)22;1-2/h2-11H,1H3,(H,20,24);1-2H3. The molecule has 0 aliphatic heterocycles. The van der Waals surface area contributed by atoms with E-state index in [1.54, 1.807) is 27.7 Å². The maximum absolute atomic E-state index is 12.6. The van der Waals surface area contributed by atoms with Crippen LogP contribution in [0.2, 0.25) is 0 Å². The first-order valence-electron chi connectivity index (χ1n) is 8.44. The van der Waals surface area contributed by atoms with Gasteiger partial charge in [-0.3, -0.25) is 4.79 Å². The van der Waals surface area contributed by atoms with Crippen molar-refractivity contribution in [2.75, 3.05) is 5.32 Å². The van der Waals surface area contributed by atoms with Gasteiger partial charge in [-0.25, -0.2) is 14.2 Å². The molecule has 0 spiro atoms. The van der Waals surface area contributed by atoms with Crippen molar-refractivity contribution in [2.45, 2.75) is 20.8 Å². The van der Waals surface area contributed by atoms with Crippen molar-refractivity contribution in [1.82, 2.24) is 24.4 Å². The Kier molecular flexibility index (Phi) is 5.07. The van der Waals surface area contributed by atoms with Crippen LogP contribution in [0.5, 0.6) is 0 Å². The Morgan fingerprint density at radius 2 is 1.88 bits per heavy atom. The van der Waals surface area contributed by atoms with E-state index in [0.717, 1.165) is 11.4 Å². The van der Waals surface area contributed by atoms with E-state index in [1.165, 1.54) is 6.20 Å². The lowest BCUT2D eigenvalue weighted by Crippen LogP contribution is -2.15. The molecule has 4 aromatic rings. The summed E-state index contributed by atoms with van der Waals surface area (Å²) in [4.78, 5) is 16.8. The molecule has 1 amide bonds. The molecule has 0 saturated heterocycles. The van der Waals surface area contributed by atoms with E-state index in [0.29, 0.717) is 17.0 Å². The molecule has 0 aliphatic rings. The van der Waals surface area contributed by atoms with Crippen LogP contribution in [-0.4, -0.2) is 30.3 Å². The number of aromatic nitrogens is 5. The van der Waals surface area contributed by atoms with Crippen LogP contribution < -0.4 is 5.32 Å². The van der Waals surface area contributed by atoms with Gasteiger partial charge < -0.3 is 5.32 Å². The summed E-state index contributed by atoms with van der Waals surface area (Å²) in [6.07, 6.45) is 4.89. The van der Waals surface area contributed by atoms with Gasteiger partial charge in [-0.1, -0.05) is 32.0 Å². The lowest BCUT2D eigenvalue weighted by molar-refractivity contribution is 0.102. The quantitative estimate of drug-likeness (QED) is 0.615. The molecule has 0 atom stereocenters. The van der Waals surface area contributed by atoms with Crippen molar-refractivity contribution in [3.8, 4) is 5.69 Å². The Bertz CT molecular complexity index is 1020. The molecule has 1 N–H and O–H groups in total. The number of nitrogens with one attached hydrogen (secondary N) is 1. The molecule has 3 aromatic heterocycles. The number of para-hydroxylation sites is 1. The molecule has 3 heterocycles. The highest BCUT2D eigenvalue weighted by molar-refractivity contribution is 6.07. The molecule has 7 nitrogen and oxygen atoms in total. The smallest absolute Gasteiger partial charge is 0.262 e. The SMILES string of the molecule is CC.Cc1cc(NC(=O)c2cnn3cccnc23)n(-c2ccccc2)n1. The number of aryl methyl sites for hydroxylation is 1. The number of nitrogens with zero attached hydrogens (tertiary/aromatic N) is 5. The molecule has 7 heteroatoms. The van der Waals surface area contributed by atoms with Crippen molar-refractivity contribution in [2.24, 2.45) is 0 Å². The topological polar surface area (TPSA) is 77.1 Å². The Labute approximate surface area is 151 Å². The molecule has 0 bridgehead atoms. The highest BCUT2D eigenvalue weighted by Crippen LogP contribution is 2.18. The van der Waals surface area contributed by atoms with Gasteiger partial charge >= 0.3 is 0 Å². The van der Waals surface area contributed by atoms with Crippen LogP contribution in [0.25, 0.3) is 11.3 Å². The van der Waals surface area contributed by atoms with Crippen molar-refractivity contribution < 1.29 is 4.79 Å². The normalized spacial score (nSPS) is 10.3. The predicted molar refractivity (Wildman–Crippen MR) is 101 cm³/mol. The van der Waals surface area contributed by atoms with Crippen molar-refractivity contribution in [1.29, 1.82) is 0 Å². The monoisotopic (exact) mass is 348 g/mol. The second kappa shape index (κ2) is 7.60. The molecule has 1 aromatic carbocycles. The molecular weight excluding hydrogens is 328 g/mol. The zero-order chi connectivity index (χ0) is 18.5. The number of rotatable bonds is 3. The van der Waals surface area contributed by atoms with Gasteiger partial charge in [-0.2, -0.15) is 10.2 Å². The largest absolute Gasteiger partial charge is 0.306 e. The number of carbonyl (C=O) groups excluding carboxylic acids is 1. The van der Waals surface area contributed by atoms with Gasteiger partial charge in [0.25, 0.3) is 5.91 Å². The first kappa shape index (κ1) is 17.3. The highest BCUT2D eigenvalue weighted by Gasteiger charge is 2.16. The Morgan fingerprint density at radius 3 is 2.65 bits per heavy atom. The van der Waals surface area contributed by atoms with E-state index in [-0.39, 0.29) is 5.91 Å². The van der Waals surface area contributed by atoms with E-state index in [4.69, 9.17) is 0 Å². The molecule has 0 radical (unpaired) electrons. The fraction of sp³-hybridized carbons (Fsp3) is 0.158. The molecule has 0 saturated carbocycles. The third-order valence-corrected chi connectivity index (χ3v) is 3.60. The summed E-state index contributed by atoms with van der Waals surface area (Å²) in [5, 5.41) is 11.5. The zero-order valence-electron chi connectivity index (χ0n) is 14.9. The minimum Gasteiger partial charge on any atom is -0.306 e. The average molecular weight is 348 g/mol. The number of carbonyl (C=O) groups is 1. The first-order valence-corrected chi connectivity index (χ1v) is 8.44. The Hall–Kier alpha value is -3.48. The second-order valence-corrected chi connectivity index (χ2v) is 5.32. The van der Waals surface area contributed by atoms with E-state index in [1.807, 2.05) is 57.2 Å². The second-order valence-electron chi connectivity index (χ2n) is 5.32. The van der Waals surface area contributed by atoms with E-state index in [2.05, 4.69) is 20.5 Å². The van der Waals surface area contributed by atoms with Crippen molar-refractivity contribution in [3.05, 3.63) is 72.3 Å². The van der Waals surface area contributed by atoms with Crippen LogP contribution >= 0.6 is 0 Å². The molecule has 132 valence electrons. The molecule has 0 aliphatic carbocycles. The van der Waals surface area contributed by atoms with Gasteiger partial charge in [-0.05, 0) is 25.1 Å². The van der Waals surface area contributed by atoms with Crippen LogP contribution in [0.15, 0.2) is 61.1 Å². The summed E-state index contributed by atoms with van der Waals surface area (Å²) < 4.78 is 3.26. The fourth-order valence-corrected chi connectivity index (χ4v) is 2.53. The summed E-state index contributed by atoms with van der Waals surface area (Å²) in [5.41, 5.74) is 2.61. The van der Waals surface area contributed by atoms with Gasteiger partial charge in [0.05, 0.1) is 17.6 Å². The minimum atomic E-state index is -0.277. The molecule has 4 rings (SSSR count). The molecule has 0 unspecified atom stereocenters. The third-order valence-electron chi connectivity index (χ3n) is 3.60. The Morgan fingerprint density at radius 1 is 1.12 bits per heavy atom. The maximum atomic E-state index is 12.6. The van der Waals surface area contributed by atoms with Crippen LogP contribution in [0.4, 0.5) is 5.82 Å². The van der Waals surface area contributed by atoms with Gasteiger partial charge in [0, 0.05) is 18.5 Å². The lowest BCUT2D eigenvalue weighted by Gasteiger charge is -2.08. The summed E-state index contributed by atoms with van der Waals surface area (Å²) in [5.74, 6) is 0.319. The molecule has 0 fully saturated rings. The van der Waals surface area contributed by atoms with E-state index in [9.17, 15) is 4.79 Å². The zero-order valence-corrected chi connectivity index (χ0v) is 14.9. The molecular formula is C19H20N6O. The van der Waals surface area contributed by atoms with Crippen molar-refractivity contribution in [3.63, 3.8) is 0 Å².